The van der Waals surface area contributed by atoms with Crippen molar-refractivity contribution in [2.75, 3.05) is 26.7 Å². The van der Waals surface area contributed by atoms with Crippen LogP contribution in [0, 0.1) is 5.82 Å². The van der Waals surface area contributed by atoms with Gasteiger partial charge in [-0.15, -0.1) is 0 Å². The zero-order chi connectivity index (χ0) is 24.2. The summed E-state index contributed by atoms with van der Waals surface area (Å²) in [5, 5.41) is 2.74. The Morgan fingerprint density at radius 2 is 1.76 bits per heavy atom. The highest BCUT2D eigenvalue weighted by molar-refractivity contribution is 5.91. The molecule has 1 aliphatic rings. The predicted octanol–water partition coefficient (Wildman–Crippen LogP) is 2.70. The van der Waals surface area contributed by atoms with Gasteiger partial charge in [-0.2, -0.15) is 0 Å². The maximum Gasteiger partial charge on any atom is 0.247 e. The number of benzene rings is 2. The number of methoxy groups -OCH3 is 1. The fourth-order valence-electron chi connectivity index (χ4n) is 4.11. The molecule has 2 aromatic rings. The van der Waals surface area contributed by atoms with Gasteiger partial charge in [-0.1, -0.05) is 30.3 Å². The van der Waals surface area contributed by atoms with Gasteiger partial charge in [0.15, 0.2) is 0 Å². The van der Waals surface area contributed by atoms with Crippen molar-refractivity contribution in [3.05, 3.63) is 65.5 Å². The van der Waals surface area contributed by atoms with Gasteiger partial charge in [-0.25, -0.2) is 4.39 Å². The molecule has 33 heavy (non-hydrogen) atoms. The highest BCUT2D eigenvalue weighted by Crippen LogP contribution is 2.28. The Morgan fingerprint density at radius 1 is 1.09 bits per heavy atom. The number of piperazine rings is 1. The molecule has 0 radical (unpaired) electrons. The van der Waals surface area contributed by atoms with E-state index in [1.54, 1.807) is 49.0 Å². The molecule has 0 saturated carbocycles. The number of carbonyl (C=O) groups excluding carboxylic acids is 3. The summed E-state index contributed by atoms with van der Waals surface area (Å²) >= 11 is 0. The summed E-state index contributed by atoms with van der Waals surface area (Å²) in [6, 6.07) is 13.2. The number of nitrogens with zero attached hydrogens (tertiary/aromatic N) is 2. The van der Waals surface area contributed by atoms with Crippen molar-refractivity contribution in [1.82, 2.24) is 15.1 Å². The molecule has 3 amide bonds. The number of carbonyl (C=O) groups is 3. The summed E-state index contributed by atoms with van der Waals surface area (Å²) < 4.78 is 19.1. The Bertz CT molecular complexity index is 1020. The van der Waals surface area contributed by atoms with Gasteiger partial charge >= 0.3 is 0 Å². The van der Waals surface area contributed by atoms with Crippen LogP contribution >= 0.6 is 0 Å². The quantitative estimate of drug-likeness (QED) is 0.727. The lowest BCUT2D eigenvalue weighted by Gasteiger charge is -2.43. The van der Waals surface area contributed by atoms with E-state index in [0.29, 0.717) is 25.4 Å². The van der Waals surface area contributed by atoms with Gasteiger partial charge in [0, 0.05) is 26.6 Å². The summed E-state index contributed by atoms with van der Waals surface area (Å²) in [5.74, 6) is -0.519. The van der Waals surface area contributed by atoms with Gasteiger partial charge in [0.25, 0.3) is 0 Å². The Balaban J connectivity index is 1.72. The lowest BCUT2D eigenvalue weighted by molar-refractivity contribution is -0.146. The van der Waals surface area contributed by atoms with Crippen LogP contribution in [0.2, 0.25) is 0 Å². The summed E-state index contributed by atoms with van der Waals surface area (Å²) in [6.45, 7) is 5.83. The van der Waals surface area contributed by atoms with Gasteiger partial charge in [0.05, 0.1) is 19.6 Å². The smallest absolute Gasteiger partial charge is 0.247 e. The van der Waals surface area contributed by atoms with Crippen LogP contribution in [-0.2, 0) is 20.8 Å². The number of halogens is 1. The van der Waals surface area contributed by atoms with E-state index >= 15 is 0 Å². The lowest BCUT2D eigenvalue weighted by Crippen LogP contribution is -2.60. The van der Waals surface area contributed by atoms with E-state index in [0.717, 1.165) is 5.56 Å². The SMILES string of the molecule is COc1ccc([C@@H]2CN(C(=O)C(C)(C)NC(=O)Cc3ccccc3F)CCN2C(C)=O)cc1. The standard InChI is InChI=1S/C25H30FN3O4/c1-17(30)29-14-13-28(16-22(29)18-9-11-20(33-4)12-10-18)24(32)25(2,3)27-23(31)15-19-7-5-6-8-21(19)26/h5-12,22H,13-16H2,1-4H3,(H,27,31)/t22-/m0/s1. The first-order valence-corrected chi connectivity index (χ1v) is 10.9. The minimum absolute atomic E-state index is 0.0691. The molecule has 1 atom stereocenters. The number of hydrogen-bond donors (Lipinski definition) is 1. The number of hydrogen-bond acceptors (Lipinski definition) is 4. The molecule has 1 aliphatic heterocycles. The fourth-order valence-corrected chi connectivity index (χ4v) is 4.11. The topological polar surface area (TPSA) is 79.0 Å². The van der Waals surface area contributed by atoms with E-state index in [2.05, 4.69) is 5.32 Å². The Morgan fingerprint density at radius 3 is 2.36 bits per heavy atom. The van der Waals surface area contributed by atoms with Crippen molar-refractivity contribution < 1.29 is 23.5 Å². The van der Waals surface area contributed by atoms with Gasteiger partial charge in [-0.05, 0) is 43.2 Å². The molecular weight excluding hydrogens is 425 g/mol. The Labute approximate surface area is 193 Å². The molecule has 176 valence electrons. The molecule has 0 spiro atoms. The molecule has 3 rings (SSSR count). The highest BCUT2D eigenvalue weighted by atomic mass is 19.1. The average molecular weight is 456 g/mol. The summed E-state index contributed by atoms with van der Waals surface area (Å²) in [7, 11) is 1.58. The maximum atomic E-state index is 13.9. The van der Waals surface area contributed by atoms with Crippen molar-refractivity contribution in [2.24, 2.45) is 0 Å². The van der Waals surface area contributed by atoms with E-state index in [1.807, 2.05) is 24.3 Å². The number of amides is 3. The molecular formula is C25H30FN3O4. The molecule has 8 heteroatoms. The van der Waals surface area contributed by atoms with Crippen LogP contribution < -0.4 is 10.1 Å². The van der Waals surface area contributed by atoms with Gasteiger partial charge in [0.1, 0.15) is 17.1 Å². The largest absolute Gasteiger partial charge is 0.497 e. The first kappa shape index (κ1) is 24.2. The average Bonchev–Trinajstić information content (AvgIpc) is 2.79. The van der Waals surface area contributed by atoms with Crippen LogP contribution in [0.3, 0.4) is 0 Å². The van der Waals surface area contributed by atoms with Gasteiger partial charge < -0.3 is 19.9 Å². The molecule has 0 bridgehead atoms. The summed E-state index contributed by atoms with van der Waals surface area (Å²) in [5.41, 5.74) is -0.0247. The van der Waals surface area contributed by atoms with Gasteiger partial charge in [-0.3, -0.25) is 14.4 Å². The second-order valence-corrected chi connectivity index (χ2v) is 8.69. The van der Waals surface area contributed by atoms with Crippen molar-refractivity contribution >= 4 is 17.7 Å². The lowest BCUT2D eigenvalue weighted by atomic mass is 9.98. The van der Waals surface area contributed by atoms with Crippen LogP contribution in [-0.4, -0.2) is 59.8 Å². The van der Waals surface area contributed by atoms with Gasteiger partial charge in [0.2, 0.25) is 17.7 Å². The number of nitrogens with one attached hydrogen (secondary N) is 1. The molecule has 0 aliphatic carbocycles. The molecule has 2 aromatic carbocycles. The molecule has 1 N–H and O–H groups in total. The molecule has 0 aromatic heterocycles. The van der Waals surface area contributed by atoms with E-state index < -0.39 is 17.3 Å². The summed E-state index contributed by atoms with van der Waals surface area (Å²) in [6.07, 6.45) is -0.157. The molecule has 1 fully saturated rings. The normalized spacial score (nSPS) is 16.3. The molecule has 0 unspecified atom stereocenters. The maximum absolute atomic E-state index is 13.9. The van der Waals surface area contributed by atoms with E-state index in [-0.39, 0.29) is 29.8 Å². The van der Waals surface area contributed by atoms with Crippen LogP contribution in [0.25, 0.3) is 0 Å². The molecule has 1 heterocycles. The number of ether oxygens (including phenoxy) is 1. The van der Waals surface area contributed by atoms with Crippen LogP contribution in [0.5, 0.6) is 5.75 Å². The highest BCUT2D eigenvalue weighted by Gasteiger charge is 2.38. The second kappa shape index (κ2) is 10.0. The minimum atomic E-state index is -1.19. The van der Waals surface area contributed by atoms with E-state index in [4.69, 9.17) is 4.74 Å². The molecule has 7 nitrogen and oxygen atoms in total. The summed E-state index contributed by atoms with van der Waals surface area (Å²) in [4.78, 5) is 41.5. The van der Waals surface area contributed by atoms with Crippen molar-refractivity contribution in [2.45, 2.75) is 38.8 Å². The van der Waals surface area contributed by atoms with Crippen molar-refractivity contribution in [3.63, 3.8) is 0 Å². The zero-order valence-electron chi connectivity index (χ0n) is 19.4. The zero-order valence-corrected chi connectivity index (χ0v) is 19.4. The predicted molar refractivity (Wildman–Crippen MR) is 122 cm³/mol. The monoisotopic (exact) mass is 455 g/mol. The van der Waals surface area contributed by atoms with Crippen molar-refractivity contribution in [1.29, 1.82) is 0 Å². The Kier molecular flexibility index (Phi) is 7.36. The third-order valence-electron chi connectivity index (χ3n) is 5.87. The van der Waals surface area contributed by atoms with E-state index in [9.17, 15) is 18.8 Å². The fraction of sp³-hybridized carbons (Fsp3) is 0.400. The first-order valence-electron chi connectivity index (χ1n) is 10.9. The van der Waals surface area contributed by atoms with Crippen LogP contribution in [0.15, 0.2) is 48.5 Å². The van der Waals surface area contributed by atoms with Crippen LogP contribution in [0.4, 0.5) is 4.39 Å². The third-order valence-corrected chi connectivity index (χ3v) is 5.87. The van der Waals surface area contributed by atoms with Crippen LogP contribution in [0.1, 0.15) is 37.9 Å². The van der Waals surface area contributed by atoms with Crippen molar-refractivity contribution in [3.8, 4) is 5.75 Å². The third kappa shape index (κ3) is 5.69. The number of rotatable bonds is 6. The molecule has 1 saturated heterocycles. The Hall–Kier alpha value is -3.42. The minimum Gasteiger partial charge on any atom is -0.497 e. The first-order chi connectivity index (χ1) is 15.6. The second-order valence-electron chi connectivity index (χ2n) is 8.69. The van der Waals surface area contributed by atoms with E-state index in [1.165, 1.54) is 13.0 Å².